The maximum absolute atomic E-state index is 11.8. The summed E-state index contributed by atoms with van der Waals surface area (Å²) in [5.74, 6) is 0.403. The molecule has 0 bridgehead atoms. The molecule has 0 saturated carbocycles. The van der Waals surface area contributed by atoms with Crippen molar-refractivity contribution in [2.45, 2.75) is 13.5 Å². The quantitative estimate of drug-likeness (QED) is 0.578. The van der Waals surface area contributed by atoms with Gasteiger partial charge >= 0.3 is 5.97 Å². The molecule has 0 N–H and O–H groups in total. The third kappa shape index (κ3) is 4.02. The van der Waals surface area contributed by atoms with Gasteiger partial charge in [-0.05, 0) is 29.5 Å². The molecule has 2 aromatic heterocycles. The molecule has 0 radical (unpaired) electrons. The highest BCUT2D eigenvalue weighted by Gasteiger charge is 2.23. The first-order valence-electron chi connectivity index (χ1n) is 9.17. The van der Waals surface area contributed by atoms with Gasteiger partial charge in [0.05, 0.1) is 18.0 Å². The predicted molar refractivity (Wildman–Crippen MR) is 105 cm³/mol. The molecule has 3 heterocycles. The van der Waals surface area contributed by atoms with E-state index in [1.165, 1.54) is 11.3 Å². The highest BCUT2D eigenvalue weighted by Crippen LogP contribution is 2.18. The number of para-hydroxylation sites is 1. The number of ether oxygens (including phenoxy) is 1. The minimum absolute atomic E-state index is 0.351. The van der Waals surface area contributed by atoms with Crippen molar-refractivity contribution in [3.05, 3.63) is 46.4 Å². The molecular weight excluding hydrogens is 378 g/mol. The molecule has 1 saturated heterocycles. The van der Waals surface area contributed by atoms with Crippen LogP contribution in [0.3, 0.4) is 0 Å². The summed E-state index contributed by atoms with van der Waals surface area (Å²) in [5, 5.41) is 14.5. The molecule has 1 aliphatic heterocycles. The monoisotopic (exact) mass is 399 g/mol. The highest BCUT2D eigenvalue weighted by molar-refractivity contribution is 7.11. The number of anilines is 1. The summed E-state index contributed by atoms with van der Waals surface area (Å²) in [6, 6.07) is 9.88. The molecular formula is C18H21N7O2S. The Morgan fingerprint density at radius 2 is 1.96 bits per heavy atom. The Balaban J connectivity index is 1.36. The Morgan fingerprint density at radius 1 is 1.18 bits per heavy atom. The van der Waals surface area contributed by atoms with Crippen molar-refractivity contribution in [3.63, 3.8) is 0 Å². The van der Waals surface area contributed by atoms with E-state index < -0.39 is 0 Å². The van der Waals surface area contributed by atoms with Crippen LogP contribution in [0.4, 0.5) is 5.95 Å². The van der Waals surface area contributed by atoms with Gasteiger partial charge in [-0.15, -0.1) is 11.3 Å². The number of carbonyl (C=O) groups excluding carboxylic acids is 1. The number of hydrogen-bond acceptors (Lipinski definition) is 9. The van der Waals surface area contributed by atoms with E-state index in [9.17, 15) is 4.79 Å². The number of nitrogens with zero attached hydrogens (tertiary/aromatic N) is 7. The minimum Gasteiger partial charge on any atom is -0.461 e. The Kier molecular flexibility index (Phi) is 5.58. The van der Waals surface area contributed by atoms with Crippen LogP contribution in [0.1, 0.15) is 22.4 Å². The summed E-state index contributed by atoms with van der Waals surface area (Å²) in [4.78, 5) is 20.7. The molecule has 9 nitrogen and oxygen atoms in total. The van der Waals surface area contributed by atoms with E-state index in [0.717, 1.165) is 43.5 Å². The number of piperazine rings is 1. The van der Waals surface area contributed by atoms with Crippen LogP contribution in [-0.2, 0) is 11.3 Å². The molecule has 0 spiro atoms. The molecule has 146 valence electrons. The zero-order chi connectivity index (χ0) is 19.3. The van der Waals surface area contributed by atoms with Crippen LogP contribution >= 0.6 is 11.3 Å². The molecule has 0 atom stereocenters. The summed E-state index contributed by atoms with van der Waals surface area (Å²) >= 11 is 1.33. The minimum atomic E-state index is -0.351. The standard InChI is InChI=1S/C18H21N7O2S/c1-2-27-17(26)16-19-14(13-28-16)12-23-8-10-24(11-9-23)18-20-21-22-25(18)15-6-4-3-5-7-15/h3-7,13H,2,8-12H2,1H3. The van der Waals surface area contributed by atoms with E-state index in [2.05, 4.69) is 30.3 Å². The summed E-state index contributed by atoms with van der Waals surface area (Å²) in [6.45, 7) is 6.25. The number of thiazole rings is 1. The highest BCUT2D eigenvalue weighted by atomic mass is 32.1. The van der Waals surface area contributed by atoms with Crippen molar-refractivity contribution in [1.29, 1.82) is 0 Å². The van der Waals surface area contributed by atoms with Crippen LogP contribution in [0.2, 0.25) is 0 Å². The van der Waals surface area contributed by atoms with Crippen LogP contribution in [0.15, 0.2) is 35.7 Å². The lowest BCUT2D eigenvalue weighted by atomic mass is 10.3. The second kappa shape index (κ2) is 8.44. The topological polar surface area (TPSA) is 89.3 Å². The average molecular weight is 399 g/mol. The predicted octanol–water partition coefficient (Wildman–Crippen LogP) is 1.62. The molecule has 0 unspecified atom stereocenters. The molecule has 1 fully saturated rings. The summed E-state index contributed by atoms with van der Waals surface area (Å²) in [5.41, 5.74) is 1.84. The van der Waals surface area contributed by atoms with E-state index in [1.54, 1.807) is 11.6 Å². The summed E-state index contributed by atoms with van der Waals surface area (Å²) in [6.07, 6.45) is 0. The van der Waals surface area contributed by atoms with Gasteiger partial charge in [-0.1, -0.05) is 23.3 Å². The summed E-state index contributed by atoms with van der Waals surface area (Å²) < 4.78 is 6.77. The first kappa shape index (κ1) is 18.5. The zero-order valence-corrected chi connectivity index (χ0v) is 16.4. The number of rotatable bonds is 6. The fraction of sp³-hybridized carbons (Fsp3) is 0.389. The van der Waals surface area contributed by atoms with Crippen molar-refractivity contribution in [2.75, 3.05) is 37.7 Å². The van der Waals surface area contributed by atoms with Gasteiger partial charge in [0.15, 0.2) is 0 Å². The largest absolute Gasteiger partial charge is 0.461 e. The molecule has 4 rings (SSSR count). The van der Waals surface area contributed by atoms with Crippen molar-refractivity contribution in [2.24, 2.45) is 0 Å². The van der Waals surface area contributed by atoms with Gasteiger partial charge in [0, 0.05) is 38.1 Å². The number of benzene rings is 1. The molecule has 1 aromatic carbocycles. The van der Waals surface area contributed by atoms with Gasteiger partial charge in [0.1, 0.15) is 0 Å². The van der Waals surface area contributed by atoms with Crippen molar-refractivity contribution in [1.82, 2.24) is 30.1 Å². The SMILES string of the molecule is CCOC(=O)c1nc(CN2CCN(c3nnnn3-c3ccccc3)CC2)cs1. The van der Waals surface area contributed by atoms with Gasteiger partial charge in [-0.3, -0.25) is 4.90 Å². The fourth-order valence-electron chi connectivity index (χ4n) is 3.12. The molecule has 10 heteroatoms. The van der Waals surface area contributed by atoms with Crippen molar-refractivity contribution < 1.29 is 9.53 Å². The zero-order valence-electron chi connectivity index (χ0n) is 15.6. The Morgan fingerprint density at radius 3 is 2.71 bits per heavy atom. The van der Waals surface area contributed by atoms with Crippen LogP contribution < -0.4 is 4.90 Å². The van der Waals surface area contributed by atoms with E-state index in [0.29, 0.717) is 18.2 Å². The van der Waals surface area contributed by atoms with Crippen molar-refractivity contribution >= 4 is 23.3 Å². The average Bonchev–Trinajstić information content (AvgIpc) is 3.39. The van der Waals surface area contributed by atoms with E-state index in [-0.39, 0.29) is 5.97 Å². The smallest absolute Gasteiger partial charge is 0.367 e. The van der Waals surface area contributed by atoms with Gasteiger partial charge in [-0.25, -0.2) is 9.78 Å². The Hall–Kier alpha value is -2.85. The fourth-order valence-corrected chi connectivity index (χ4v) is 3.82. The van der Waals surface area contributed by atoms with Gasteiger partial charge in [0.25, 0.3) is 0 Å². The van der Waals surface area contributed by atoms with Gasteiger partial charge in [0.2, 0.25) is 11.0 Å². The third-order valence-corrected chi connectivity index (χ3v) is 5.37. The van der Waals surface area contributed by atoms with E-state index >= 15 is 0 Å². The lowest BCUT2D eigenvalue weighted by Gasteiger charge is -2.34. The second-order valence-corrected chi connectivity index (χ2v) is 7.21. The molecule has 3 aromatic rings. The third-order valence-electron chi connectivity index (χ3n) is 4.50. The molecule has 1 aliphatic rings. The number of aromatic nitrogens is 5. The van der Waals surface area contributed by atoms with Crippen LogP contribution in [-0.4, -0.2) is 68.8 Å². The number of hydrogen-bond donors (Lipinski definition) is 0. The lowest BCUT2D eigenvalue weighted by molar-refractivity contribution is 0.0525. The van der Waals surface area contributed by atoms with E-state index in [4.69, 9.17) is 4.74 Å². The Labute approximate surface area is 166 Å². The Bertz CT molecular complexity index is 919. The summed E-state index contributed by atoms with van der Waals surface area (Å²) in [7, 11) is 0. The van der Waals surface area contributed by atoms with Crippen LogP contribution in [0, 0.1) is 0 Å². The maximum Gasteiger partial charge on any atom is 0.367 e. The lowest BCUT2D eigenvalue weighted by Crippen LogP contribution is -2.46. The number of carbonyl (C=O) groups is 1. The van der Waals surface area contributed by atoms with Gasteiger partial charge < -0.3 is 9.64 Å². The van der Waals surface area contributed by atoms with Crippen LogP contribution in [0.25, 0.3) is 5.69 Å². The molecule has 28 heavy (non-hydrogen) atoms. The first-order valence-corrected chi connectivity index (χ1v) is 10.0. The maximum atomic E-state index is 11.8. The number of tetrazole rings is 1. The van der Waals surface area contributed by atoms with Gasteiger partial charge in [-0.2, -0.15) is 4.68 Å². The van der Waals surface area contributed by atoms with Crippen LogP contribution in [0.5, 0.6) is 0 Å². The molecule has 0 aliphatic carbocycles. The molecule has 0 amide bonds. The first-order chi connectivity index (χ1) is 13.7. The second-order valence-electron chi connectivity index (χ2n) is 6.35. The number of esters is 1. The normalized spacial score (nSPS) is 15.0. The van der Waals surface area contributed by atoms with E-state index in [1.807, 2.05) is 35.7 Å². The van der Waals surface area contributed by atoms with Crippen molar-refractivity contribution in [3.8, 4) is 5.69 Å².